The molecule has 1 aliphatic carbocycles. The maximum Gasteiger partial charge on any atom is 0.192 e. The molecule has 160 valence electrons. The van der Waals surface area contributed by atoms with E-state index in [4.69, 9.17) is 4.74 Å². The summed E-state index contributed by atoms with van der Waals surface area (Å²) < 4.78 is 20.8. The summed E-state index contributed by atoms with van der Waals surface area (Å²) >= 11 is 0. The van der Waals surface area contributed by atoms with Crippen molar-refractivity contribution in [1.29, 1.82) is 0 Å². The summed E-state index contributed by atoms with van der Waals surface area (Å²) in [6.07, 6.45) is 4.71. The topological polar surface area (TPSA) is 76.4 Å². The van der Waals surface area contributed by atoms with Crippen LogP contribution in [0, 0.1) is 12.7 Å². The largest absolute Gasteiger partial charge is 0.489 e. The minimum Gasteiger partial charge on any atom is -0.489 e. The van der Waals surface area contributed by atoms with E-state index >= 15 is 0 Å². The fourth-order valence-electron chi connectivity index (χ4n) is 3.18. The number of halogens is 2. The molecule has 9 heteroatoms. The van der Waals surface area contributed by atoms with Gasteiger partial charge in [0.05, 0.1) is 6.54 Å². The molecule has 1 fully saturated rings. The zero-order chi connectivity index (χ0) is 19.9. The van der Waals surface area contributed by atoms with E-state index in [1.54, 1.807) is 12.1 Å². The van der Waals surface area contributed by atoms with Crippen LogP contribution in [-0.4, -0.2) is 39.4 Å². The molecule has 2 aromatic rings. The molecule has 3 rings (SSSR count). The summed E-state index contributed by atoms with van der Waals surface area (Å²) in [5.74, 6) is 2.81. The Morgan fingerprint density at radius 2 is 1.97 bits per heavy atom. The fraction of sp³-hybridized carbons (Fsp3) is 0.550. The standard InChI is InChI=1S/C20H29FN6O.HI/c1-14(28-18-10-8-16(21)9-11-18)12-22-20(24-17-6-4-5-7-17)23-13-19-26-25-15(2)27(19)3;/h8-11,14,17H,4-7,12-13H2,1-3H3,(H2,22,23,24);1H. The highest BCUT2D eigenvalue weighted by Crippen LogP contribution is 2.17. The third kappa shape index (κ3) is 7.13. The van der Waals surface area contributed by atoms with Crippen molar-refractivity contribution in [3.8, 4) is 5.75 Å². The molecule has 29 heavy (non-hydrogen) atoms. The van der Waals surface area contributed by atoms with Gasteiger partial charge in [0.2, 0.25) is 0 Å². The van der Waals surface area contributed by atoms with Gasteiger partial charge in [-0.1, -0.05) is 12.8 Å². The van der Waals surface area contributed by atoms with Crippen LogP contribution in [0.1, 0.15) is 44.3 Å². The average Bonchev–Trinajstić information content (AvgIpc) is 3.30. The number of benzene rings is 1. The van der Waals surface area contributed by atoms with Crippen LogP contribution < -0.4 is 15.4 Å². The van der Waals surface area contributed by atoms with Crippen molar-refractivity contribution in [2.24, 2.45) is 12.0 Å². The number of nitrogens with one attached hydrogen (secondary N) is 2. The lowest BCUT2D eigenvalue weighted by Crippen LogP contribution is -2.45. The van der Waals surface area contributed by atoms with E-state index < -0.39 is 0 Å². The van der Waals surface area contributed by atoms with Gasteiger partial charge in [-0.3, -0.25) is 0 Å². The van der Waals surface area contributed by atoms with Crippen molar-refractivity contribution in [2.45, 2.75) is 58.2 Å². The van der Waals surface area contributed by atoms with E-state index in [9.17, 15) is 4.39 Å². The Kier molecular flexibility index (Phi) is 9.12. The van der Waals surface area contributed by atoms with Crippen molar-refractivity contribution in [2.75, 3.05) is 6.54 Å². The van der Waals surface area contributed by atoms with Crippen LogP contribution in [0.25, 0.3) is 0 Å². The molecule has 1 heterocycles. The Morgan fingerprint density at radius 1 is 1.28 bits per heavy atom. The molecule has 1 aromatic carbocycles. The van der Waals surface area contributed by atoms with Crippen molar-refractivity contribution < 1.29 is 9.13 Å². The van der Waals surface area contributed by atoms with Gasteiger partial charge in [0.25, 0.3) is 0 Å². The first kappa shape index (κ1) is 23.4. The number of guanidine groups is 1. The molecule has 0 spiro atoms. The number of aryl methyl sites for hydroxylation is 1. The van der Waals surface area contributed by atoms with Gasteiger partial charge in [-0.2, -0.15) is 0 Å². The summed E-state index contributed by atoms with van der Waals surface area (Å²) in [5.41, 5.74) is 0. The van der Waals surface area contributed by atoms with Crippen molar-refractivity contribution >= 4 is 29.9 Å². The van der Waals surface area contributed by atoms with Crippen LogP contribution in [0.3, 0.4) is 0 Å². The number of aromatic nitrogens is 3. The molecule has 1 saturated carbocycles. The van der Waals surface area contributed by atoms with Crippen molar-refractivity contribution in [1.82, 2.24) is 25.4 Å². The van der Waals surface area contributed by atoms with E-state index in [2.05, 4.69) is 25.8 Å². The van der Waals surface area contributed by atoms with Crippen LogP contribution in [0.2, 0.25) is 0 Å². The second-order valence-electron chi connectivity index (χ2n) is 7.28. The lowest BCUT2D eigenvalue weighted by atomic mass is 10.2. The predicted octanol–water partition coefficient (Wildman–Crippen LogP) is 3.33. The third-order valence-electron chi connectivity index (χ3n) is 4.97. The number of rotatable bonds is 7. The zero-order valence-corrected chi connectivity index (χ0v) is 19.5. The summed E-state index contributed by atoms with van der Waals surface area (Å²) in [6, 6.07) is 6.50. The van der Waals surface area contributed by atoms with E-state index in [-0.39, 0.29) is 35.9 Å². The molecule has 0 amide bonds. The zero-order valence-electron chi connectivity index (χ0n) is 17.2. The summed E-state index contributed by atoms with van der Waals surface area (Å²) in [6.45, 7) is 4.92. The van der Waals surface area contributed by atoms with E-state index in [0.717, 1.165) is 30.5 Å². The lowest BCUT2D eigenvalue weighted by Gasteiger charge is -2.20. The molecule has 1 unspecified atom stereocenters. The minimum absolute atomic E-state index is 0. The van der Waals surface area contributed by atoms with E-state index in [1.165, 1.54) is 25.0 Å². The van der Waals surface area contributed by atoms with Crippen molar-refractivity contribution in [3.05, 3.63) is 41.7 Å². The van der Waals surface area contributed by atoms with Gasteiger partial charge in [0, 0.05) is 13.1 Å². The van der Waals surface area contributed by atoms with Crippen LogP contribution in [0.4, 0.5) is 4.39 Å². The van der Waals surface area contributed by atoms with Gasteiger partial charge in [-0.05, 0) is 51.0 Å². The predicted molar refractivity (Wildman–Crippen MR) is 122 cm³/mol. The Morgan fingerprint density at radius 3 is 2.59 bits per heavy atom. The highest BCUT2D eigenvalue weighted by Gasteiger charge is 2.17. The fourth-order valence-corrected chi connectivity index (χ4v) is 3.18. The number of aliphatic imine (C=N–C) groups is 1. The van der Waals surface area contributed by atoms with Crippen molar-refractivity contribution in [3.63, 3.8) is 0 Å². The highest BCUT2D eigenvalue weighted by atomic mass is 127. The monoisotopic (exact) mass is 516 g/mol. The van der Waals surface area contributed by atoms with Crippen LogP contribution in [0.15, 0.2) is 29.3 Å². The maximum absolute atomic E-state index is 13.0. The van der Waals surface area contributed by atoms with Gasteiger partial charge in [-0.25, -0.2) is 9.38 Å². The first-order valence-corrected chi connectivity index (χ1v) is 9.83. The lowest BCUT2D eigenvalue weighted by molar-refractivity contribution is 0.223. The second kappa shape index (κ2) is 11.3. The Labute approximate surface area is 188 Å². The van der Waals surface area contributed by atoms with Gasteiger partial charge in [0.15, 0.2) is 11.8 Å². The molecule has 0 aliphatic heterocycles. The molecular weight excluding hydrogens is 486 g/mol. The molecule has 1 atom stereocenters. The summed E-state index contributed by atoms with van der Waals surface area (Å²) in [4.78, 5) is 4.69. The molecule has 1 aliphatic rings. The quantitative estimate of drug-likeness (QED) is 0.336. The highest BCUT2D eigenvalue weighted by molar-refractivity contribution is 14.0. The van der Waals surface area contributed by atoms with E-state index in [0.29, 0.717) is 24.9 Å². The van der Waals surface area contributed by atoms with Gasteiger partial charge < -0.3 is 19.9 Å². The normalized spacial score (nSPS) is 15.7. The van der Waals surface area contributed by atoms with Crippen LogP contribution in [0.5, 0.6) is 5.75 Å². The molecule has 0 bridgehead atoms. The average molecular weight is 516 g/mol. The first-order valence-electron chi connectivity index (χ1n) is 9.83. The van der Waals surface area contributed by atoms with Gasteiger partial charge in [0.1, 0.15) is 30.0 Å². The van der Waals surface area contributed by atoms with E-state index in [1.807, 2.05) is 25.5 Å². The molecule has 2 N–H and O–H groups in total. The number of hydrogen-bond donors (Lipinski definition) is 2. The van der Waals surface area contributed by atoms with Gasteiger partial charge >= 0.3 is 0 Å². The Hall–Kier alpha value is -1.91. The second-order valence-corrected chi connectivity index (χ2v) is 7.28. The Balaban J connectivity index is 0.00000300. The number of hydrogen-bond acceptors (Lipinski definition) is 4. The first-order chi connectivity index (χ1) is 13.5. The smallest absolute Gasteiger partial charge is 0.192 e. The molecule has 1 aromatic heterocycles. The SMILES string of the molecule is Cc1nnc(CN=C(NCC(C)Oc2ccc(F)cc2)NC2CCCC2)n1C.I. The minimum atomic E-state index is -0.271. The van der Waals surface area contributed by atoms with Crippen LogP contribution in [-0.2, 0) is 13.6 Å². The van der Waals surface area contributed by atoms with Gasteiger partial charge in [-0.15, -0.1) is 34.2 Å². The number of ether oxygens (including phenoxy) is 1. The molecule has 0 radical (unpaired) electrons. The Bertz CT molecular complexity index is 789. The third-order valence-corrected chi connectivity index (χ3v) is 4.97. The maximum atomic E-state index is 13.0. The van der Waals surface area contributed by atoms with Crippen LogP contribution >= 0.6 is 24.0 Å². The molecule has 7 nitrogen and oxygen atoms in total. The molecular formula is C20H30FIN6O. The summed E-state index contributed by atoms with van der Waals surface area (Å²) in [7, 11) is 1.94. The molecule has 0 saturated heterocycles. The number of nitrogens with zero attached hydrogens (tertiary/aromatic N) is 4. The summed E-state index contributed by atoms with van der Waals surface area (Å²) in [5, 5.41) is 15.1.